The lowest BCUT2D eigenvalue weighted by Gasteiger charge is -2.17. The number of methoxy groups -OCH3 is 1. The highest BCUT2D eigenvalue weighted by atomic mass is 35.5. The first-order valence-corrected chi connectivity index (χ1v) is 7.80. The van der Waals surface area contributed by atoms with Crippen LogP contribution in [0.5, 0.6) is 5.75 Å². The monoisotopic (exact) mass is 352 g/mol. The van der Waals surface area contributed by atoms with E-state index in [1.807, 2.05) is 36.2 Å². The van der Waals surface area contributed by atoms with Crippen molar-refractivity contribution in [3.8, 4) is 5.75 Å². The maximum atomic E-state index is 12.1. The van der Waals surface area contributed by atoms with Gasteiger partial charge in [-0.1, -0.05) is 41.4 Å². The molecule has 122 valence electrons. The molecule has 0 aromatic heterocycles. The van der Waals surface area contributed by atoms with Crippen LogP contribution in [0.4, 0.5) is 5.69 Å². The van der Waals surface area contributed by atoms with Gasteiger partial charge in [0.15, 0.2) is 0 Å². The largest absolute Gasteiger partial charge is 0.497 e. The number of hydrogen-bond acceptors (Lipinski definition) is 3. The van der Waals surface area contributed by atoms with Gasteiger partial charge in [0.05, 0.1) is 29.4 Å². The smallest absolute Gasteiger partial charge is 0.238 e. The van der Waals surface area contributed by atoms with Gasteiger partial charge in [-0.05, 0) is 36.9 Å². The Labute approximate surface area is 146 Å². The Kier molecular flexibility index (Phi) is 6.28. The molecule has 0 fully saturated rings. The fraction of sp³-hybridized carbons (Fsp3) is 0.235. The molecule has 2 aromatic rings. The molecule has 0 unspecified atom stereocenters. The third-order valence-electron chi connectivity index (χ3n) is 3.25. The molecule has 0 aliphatic heterocycles. The molecule has 23 heavy (non-hydrogen) atoms. The third-order valence-corrected chi connectivity index (χ3v) is 3.88. The summed E-state index contributed by atoms with van der Waals surface area (Å²) in [6.45, 7) is 0.876. The molecule has 0 bridgehead atoms. The minimum atomic E-state index is -0.170. The molecule has 2 rings (SSSR count). The van der Waals surface area contributed by atoms with Crippen molar-refractivity contribution in [2.24, 2.45) is 0 Å². The van der Waals surface area contributed by atoms with Crippen molar-refractivity contribution in [1.82, 2.24) is 4.90 Å². The van der Waals surface area contributed by atoms with Crippen LogP contribution in [0.15, 0.2) is 42.5 Å². The second kappa shape index (κ2) is 8.20. The van der Waals surface area contributed by atoms with Gasteiger partial charge in [-0.15, -0.1) is 0 Å². The number of anilines is 1. The fourth-order valence-corrected chi connectivity index (χ4v) is 2.63. The highest BCUT2D eigenvalue weighted by Crippen LogP contribution is 2.29. The molecule has 0 saturated carbocycles. The lowest BCUT2D eigenvalue weighted by Crippen LogP contribution is -2.30. The number of carbonyl (C=O) groups excluding carboxylic acids is 1. The Balaban J connectivity index is 1.91. The number of carbonyl (C=O) groups is 1. The number of nitrogens with zero attached hydrogens (tertiary/aromatic N) is 1. The van der Waals surface area contributed by atoms with Crippen LogP contribution in [0.2, 0.25) is 10.0 Å². The maximum Gasteiger partial charge on any atom is 0.238 e. The molecule has 4 nitrogen and oxygen atoms in total. The van der Waals surface area contributed by atoms with E-state index in [1.54, 1.807) is 25.3 Å². The van der Waals surface area contributed by atoms with Crippen LogP contribution in [0.25, 0.3) is 0 Å². The van der Waals surface area contributed by atoms with E-state index in [1.165, 1.54) is 0 Å². The predicted molar refractivity (Wildman–Crippen MR) is 94.4 cm³/mol. The summed E-state index contributed by atoms with van der Waals surface area (Å²) >= 11 is 12.1. The normalized spacial score (nSPS) is 10.7. The first kappa shape index (κ1) is 17.6. The molecule has 0 aliphatic carbocycles. The van der Waals surface area contributed by atoms with Crippen molar-refractivity contribution in [2.75, 3.05) is 26.0 Å². The molecule has 1 N–H and O–H groups in total. The molecule has 6 heteroatoms. The summed E-state index contributed by atoms with van der Waals surface area (Å²) in [6.07, 6.45) is 0. The molecule has 0 heterocycles. The average molecular weight is 353 g/mol. The molecule has 0 aliphatic rings. The van der Waals surface area contributed by atoms with Gasteiger partial charge in [0.2, 0.25) is 5.91 Å². The zero-order chi connectivity index (χ0) is 16.8. The van der Waals surface area contributed by atoms with E-state index in [0.717, 1.165) is 11.3 Å². The van der Waals surface area contributed by atoms with Crippen LogP contribution in [-0.2, 0) is 11.3 Å². The molecular weight excluding hydrogens is 335 g/mol. The van der Waals surface area contributed by atoms with Crippen molar-refractivity contribution >= 4 is 34.8 Å². The number of benzene rings is 2. The number of likely N-dealkylation sites (N-methyl/N-ethyl adjacent to an activating group) is 1. The molecule has 2 aromatic carbocycles. The van der Waals surface area contributed by atoms with Crippen LogP contribution < -0.4 is 10.1 Å². The van der Waals surface area contributed by atoms with Gasteiger partial charge in [-0.3, -0.25) is 9.69 Å². The number of nitrogens with one attached hydrogen (secondary N) is 1. The standard InChI is InChI=1S/C17H18Cl2N2O2/c1-21(10-12-6-8-13(23-2)9-7-12)11-16(22)20-17-14(18)4-3-5-15(17)19/h3-9H,10-11H2,1-2H3,(H,20,22). The second-order valence-corrected chi connectivity index (χ2v) is 5.98. The van der Waals surface area contributed by atoms with Crippen LogP contribution in [0.1, 0.15) is 5.56 Å². The van der Waals surface area contributed by atoms with Crippen molar-refractivity contribution in [3.05, 3.63) is 58.1 Å². The van der Waals surface area contributed by atoms with E-state index in [9.17, 15) is 4.79 Å². The summed E-state index contributed by atoms with van der Waals surface area (Å²) in [4.78, 5) is 14.0. The van der Waals surface area contributed by atoms with Crippen molar-refractivity contribution in [1.29, 1.82) is 0 Å². The van der Waals surface area contributed by atoms with Gasteiger partial charge < -0.3 is 10.1 Å². The van der Waals surface area contributed by atoms with Gasteiger partial charge >= 0.3 is 0 Å². The second-order valence-electron chi connectivity index (χ2n) is 5.17. The van der Waals surface area contributed by atoms with E-state index in [2.05, 4.69) is 5.32 Å². The van der Waals surface area contributed by atoms with Gasteiger partial charge in [-0.2, -0.15) is 0 Å². The van der Waals surface area contributed by atoms with Crippen LogP contribution >= 0.6 is 23.2 Å². The lowest BCUT2D eigenvalue weighted by molar-refractivity contribution is -0.117. The zero-order valence-corrected chi connectivity index (χ0v) is 14.5. The van der Waals surface area contributed by atoms with Crippen LogP contribution in [0, 0.1) is 0 Å². The quantitative estimate of drug-likeness (QED) is 0.851. The number of hydrogen-bond donors (Lipinski definition) is 1. The Bertz CT molecular complexity index is 655. The van der Waals surface area contributed by atoms with E-state index >= 15 is 0 Å². The molecular formula is C17H18Cl2N2O2. The van der Waals surface area contributed by atoms with E-state index in [0.29, 0.717) is 22.3 Å². The number of para-hydroxylation sites is 1. The number of rotatable bonds is 6. The number of halogens is 2. The van der Waals surface area contributed by atoms with Gasteiger partial charge in [0.25, 0.3) is 0 Å². The SMILES string of the molecule is COc1ccc(CN(C)CC(=O)Nc2c(Cl)cccc2Cl)cc1. The third kappa shape index (κ3) is 5.13. The number of ether oxygens (including phenoxy) is 1. The van der Waals surface area contributed by atoms with Crippen molar-refractivity contribution < 1.29 is 9.53 Å². The summed E-state index contributed by atoms with van der Waals surface area (Å²) in [5, 5.41) is 3.59. The van der Waals surface area contributed by atoms with E-state index in [4.69, 9.17) is 27.9 Å². The van der Waals surface area contributed by atoms with Gasteiger partial charge in [0, 0.05) is 6.54 Å². The first-order valence-electron chi connectivity index (χ1n) is 7.05. The molecule has 0 radical (unpaired) electrons. The highest BCUT2D eigenvalue weighted by molar-refractivity contribution is 6.39. The first-order chi connectivity index (χ1) is 11.0. The van der Waals surface area contributed by atoms with E-state index in [-0.39, 0.29) is 12.5 Å². The Hall–Kier alpha value is -1.75. The zero-order valence-electron chi connectivity index (χ0n) is 13.0. The maximum absolute atomic E-state index is 12.1. The fourth-order valence-electron chi connectivity index (χ4n) is 2.14. The van der Waals surface area contributed by atoms with Crippen molar-refractivity contribution in [2.45, 2.75) is 6.54 Å². The Morgan fingerprint density at radius 2 is 1.74 bits per heavy atom. The lowest BCUT2D eigenvalue weighted by atomic mass is 10.2. The minimum Gasteiger partial charge on any atom is -0.497 e. The molecule has 1 amide bonds. The molecule has 0 spiro atoms. The number of amides is 1. The van der Waals surface area contributed by atoms with Crippen molar-refractivity contribution in [3.63, 3.8) is 0 Å². The van der Waals surface area contributed by atoms with Gasteiger partial charge in [-0.25, -0.2) is 0 Å². The summed E-state index contributed by atoms with van der Waals surface area (Å²) in [5.41, 5.74) is 1.54. The van der Waals surface area contributed by atoms with Gasteiger partial charge in [0.1, 0.15) is 5.75 Å². The minimum absolute atomic E-state index is 0.170. The summed E-state index contributed by atoms with van der Waals surface area (Å²) in [7, 11) is 3.50. The van der Waals surface area contributed by atoms with E-state index < -0.39 is 0 Å². The van der Waals surface area contributed by atoms with Crippen LogP contribution in [0.3, 0.4) is 0 Å². The highest BCUT2D eigenvalue weighted by Gasteiger charge is 2.12. The predicted octanol–water partition coefficient (Wildman–Crippen LogP) is 4.07. The average Bonchev–Trinajstić information content (AvgIpc) is 2.51. The Morgan fingerprint density at radius 3 is 2.30 bits per heavy atom. The summed E-state index contributed by atoms with van der Waals surface area (Å²) in [6, 6.07) is 12.8. The topological polar surface area (TPSA) is 41.6 Å². The van der Waals surface area contributed by atoms with Crippen LogP contribution in [-0.4, -0.2) is 31.5 Å². The summed E-state index contributed by atoms with van der Waals surface area (Å²) in [5.74, 6) is 0.638. The molecule has 0 saturated heterocycles. The summed E-state index contributed by atoms with van der Waals surface area (Å²) < 4.78 is 5.12. The molecule has 0 atom stereocenters. The Morgan fingerprint density at radius 1 is 1.13 bits per heavy atom.